The van der Waals surface area contributed by atoms with Crippen molar-refractivity contribution in [2.24, 2.45) is 0 Å². The van der Waals surface area contributed by atoms with Crippen molar-refractivity contribution in [2.45, 2.75) is 19.4 Å². The predicted molar refractivity (Wildman–Crippen MR) is 94.7 cm³/mol. The van der Waals surface area contributed by atoms with E-state index in [1.165, 1.54) is 14.7 Å². The minimum atomic E-state index is 0.332. The van der Waals surface area contributed by atoms with Crippen molar-refractivity contribution >= 4 is 45.8 Å². The summed E-state index contributed by atoms with van der Waals surface area (Å²) < 4.78 is 4.23. The average molecular weight is 394 g/mol. The van der Waals surface area contributed by atoms with E-state index in [9.17, 15) is 0 Å². The molecule has 0 fully saturated rings. The summed E-state index contributed by atoms with van der Waals surface area (Å²) in [4.78, 5) is 3.31. The van der Waals surface area contributed by atoms with Gasteiger partial charge in [0.1, 0.15) is 0 Å². The third-order valence-electron chi connectivity index (χ3n) is 3.49. The number of nitrogens with one attached hydrogen (secondary N) is 1. The van der Waals surface area contributed by atoms with Crippen molar-refractivity contribution in [3.63, 3.8) is 0 Å². The lowest BCUT2D eigenvalue weighted by atomic mass is 10.1. The Kier molecular flexibility index (Phi) is 3.94. The first-order chi connectivity index (χ1) is 9.65. The predicted octanol–water partition coefficient (Wildman–Crippen LogP) is 5.11. The molecule has 0 aliphatic carbocycles. The minimum Gasteiger partial charge on any atom is -0.331 e. The molecule has 3 rings (SSSR count). The van der Waals surface area contributed by atoms with Gasteiger partial charge in [-0.05, 0) is 71.9 Å². The van der Waals surface area contributed by atoms with E-state index in [2.05, 4.69) is 81.5 Å². The topological polar surface area (TPSA) is 20.7 Å². The molecule has 0 aliphatic rings. The second-order valence-electron chi connectivity index (χ2n) is 5.00. The maximum Gasteiger partial charge on any atom is 0.178 e. The summed E-state index contributed by atoms with van der Waals surface area (Å²) >= 11 is 7.82. The van der Waals surface area contributed by atoms with Gasteiger partial charge in [-0.25, -0.2) is 0 Å². The van der Waals surface area contributed by atoms with E-state index < -0.39 is 0 Å². The van der Waals surface area contributed by atoms with Crippen LogP contribution in [0.25, 0.3) is 11.0 Å². The normalized spacial score (nSPS) is 12.7. The van der Waals surface area contributed by atoms with Crippen molar-refractivity contribution in [1.29, 1.82) is 0 Å². The Morgan fingerprint density at radius 3 is 2.70 bits per heavy atom. The van der Waals surface area contributed by atoms with Gasteiger partial charge in [0.05, 0.1) is 11.0 Å². The highest BCUT2D eigenvalue weighted by Crippen LogP contribution is 2.23. The van der Waals surface area contributed by atoms with Crippen LogP contribution in [0.15, 0.2) is 48.5 Å². The summed E-state index contributed by atoms with van der Waals surface area (Å²) in [7, 11) is 0. The molecule has 1 unspecified atom stereocenters. The number of hydrogen-bond acceptors (Lipinski definition) is 1. The zero-order valence-corrected chi connectivity index (χ0v) is 14.1. The first-order valence-corrected chi connectivity index (χ1v) is 8.07. The SMILES string of the molecule is CC(Cc1ccccc1)n1c(=S)[nH]c2cc(I)ccc21. The molecule has 0 saturated carbocycles. The third kappa shape index (κ3) is 2.67. The Morgan fingerprint density at radius 2 is 1.95 bits per heavy atom. The van der Waals surface area contributed by atoms with Crippen LogP contribution in [0.5, 0.6) is 0 Å². The molecule has 102 valence electrons. The summed E-state index contributed by atoms with van der Waals surface area (Å²) in [5.41, 5.74) is 3.63. The second-order valence-corrected chi connectivity index (χ2v) is 6.63. The highest BCUT2D eigenvalue weighted by molar-refractivity contribution is 14.1. The third-order valence-corrected chi connectivity index (χ3v) is 4.46. The Bertz CT molecular complexity index is 789. The van der Waals surface area contributed by atoms with Gasteiger partial charge in [-0.3, -0.25) is 0 Å². The average Bonchev–Trinajstić information content (AvgIpc) is 2.74. The van der Waals surface area contributed by atoms with Crippen molar-refractivity contribution < 1.29 is 0 Å². The number of halogens is 1. The van der Waals surface area contributed by atoms with E-state index in [1.54, 1.807) is 0 Å². The first-order valence-electron chi connectivity index (χ1n) is 6.59. The number of nitrogens with zero attached hydrogens (tertiary/aromatic N) is 1. The molecular formula is C16H15IN2S. The van der Waals surface area contributed by atoms with Gasteiger partial charge < -0.3 is 9.55 Å². The standard InChI is InChI=1S/C16H15IN2S/c1-11(9-12-5-3-2-4-6-12)19-15-8-7-13(17)10-14(15)18-16(19)20/h2-8,10-11H,9H2,1H3,(H,18,20). The van der Waals surface area contributed by atoms with Gasteiger partial charge in [0.25, 0.3) is 0 Å². The van der Waals surface area contributed by atoms with E-state index in [0.29, 0.717) is 6.04 Å². The van der Waals surface area contributed by atoms with Gasteiger partial charge >= 0.3 is 0 Å². The number of imidazole rings is 1. The van der Waals surface area contributed by atoms with Gasteiger partial charge in [-0.15, -0.1) is 0 Å². The molecule has 1 atom stereocenters. The molecule has 1 heterocycles. The van der Waals surface area contributed by atoms with E-state index in [1.807, 2.05) is 6.07 Å². The molecule has 2 nitrogen and oxygen atoms in total. The number of benzene rings is 2. The number of fused-ring (bicyclic) bond motifs is 1. The Labute approximate surface area is 137 Å². The van der Waals surface area contributed by atoms with Gasteiger partial charge in [0.15, 0.2) is 4.77 Å². The lowest BCUT2D eigenvalue weighted by Crippen LogP contribution is -2.08. The number of H-pyrrole nitrogens is 1. The molecular weight excluding hydrogens is 379 g/mol. The molecule has 20 heavy (non-hydrogen) atoms. The van der Waals surface area contributed by atoms with E-state index in [4.69, 9.17) is 12.2 Å². The van der Waals surface area contributed by atoms with Crippen LogP contribution < -0.4 is 0 Å². The van der Waals surface area contributed by atoms with E-state index in [-0.39, 0.29) is 0 Å². The Hall–Kier alpha value is -1.14. The smallest absolute Gasteiger partial charge is 0.178 e. The Morgan fingerprint density at radius 1 is 1.20 bits per heavy atom. The van der Waals surface area contributed by atoms with Crippen molar-refractivity contribution in [3.05, 3.63) is 62.4 Å². The fourth-order valence-corrected chi connectivity index (χ4v) is 3.47. The maximum absolute atomic E-state index is 5.49. The highest BCUT2D eigenvalue weighted by atomic mass is 127. The monoisotopic (exact) mass is 394 g/mol. The Balaban J connectivity index is 2.01. The molecule has 1 aromatic heterocycles. The van der Waals surface area contributed by atoms with Crippen LogP contribution >= 0.6 is 34.8 Å². The number of aromatic amines is 1. The highest BCUT2D eigenvalue weighted by Gasteiger charge is 2.11. The van der Waals surface area contributed by atoms with Crippen LogP contribution in [0.2, 0.25) is 0 Å². The molecule has 3 aromatic rings. The molecule has 0 spiro atoms. The summed E-state index contributed by atoms with van der Waals surface area (Å²) in [6.07, 6.45) is 0.980. The van der Waals surface area contributed by atoms with Gasteiger partial charge in [-0.2, -0.15) is 0 Å². The minimum absolute atomic E-state index is 0.332. The van der Waals surface area contributed by atoms with E-state index in [0.717, 1.165) is 16.7 Å². The fraction of sp³-hybridized carbons (Fsp3) is 0.188. The largest absolute Gasteiger partial charge is 0.331 e. The first kappa shape index (κ1) is 13.8. The molecule has 2 aromatic carbocycles. The van der Waals surface area contributed by atoms with Gasteiger partial charge in [0.2, 0.25) is 0 Å². The number of aromatic nitrogens is 2. The van der Waals surface area contributed by atoms with Crippen LogP contribution in [0, 0.1) is 8.34 Å². The van der Waals surface area contributed by atoms with Gasteiger partial charge in [0, 0.05) is 9.61 Å². The zero-order valence-electron chi connectivity index (χ0n) is 11.1. The van der Waals surface area contributed by atoms with Crippen LogP contribution in [0.1, 0.15) is 18.5 Å². The molecule has 4 heteroatoms. The summed E-state index contributed by atoms with van der Waals surface area (Å²) in [5, 5.41) is 0. The molecule has 0 saturated heterocycles. The van der Waals surface area contributed by atoms with Crippen molar-refractivity contribution in [2.75, 3.05) is 0 Å². The van der Waals surface area contributed by atoms with Gasteiger partial charge in [-0.1, -0.05) is 30.3 Å². The fourth-order valence-electron chi connectivity index (χ4n) is 2.59. The van der Waals surface area contributed by atoms with Crippen LogP contribution in [0.4, 0.5) is 0 Å². The summed E-state index contributed by atoms with van der Waals surface area (Å²) in [6.45, 7) is 2.22. The molecule has 0 amide bonds. The van der Waals surface area contributed by atoms with Crippen LogP contribution in [-0.2, 0) is 6.42 Å². The molecule has 1 N–H and O–H groups in total. The number of rotatable bonds is 3. The lowest BCUT2D eigenvalue weighted by molar-refractivity contribution is 0.553. The van der Waals surface area contributed by atoms with Crippen molar-refractivity contribution in [3.8, 4) is 0 Å². The van der Waals surface area contributed by atoms with Crippen LogP contribution in [-0.4, -0.2) is 9.55 Å². The summed E-state index contributed by atoms with van der Waals surface area (Å²) in [5.74, 6) is 0. The summed E-state index contributed by atoms with van der Waals surface area (Å²) in [6, 6.07) is 17.3. The van der Waals surface area contributed by atoms with E-state index >= 15 is 0 Å². The zero-order chi connectivity index (χ0) is 14.1. The molecule has 0 radical (unpaired) electrons. The van der Waals surface area contributed by atoms with Crippen molar-refractivity contribution in [1.82, 2.24) is 9.55 Å². The quantitative estimate of drug-likeness (QED) is 0.484. The van der Waals surface area contributed by atoms with Crippen LogP contribution in [0.3, 0.4) is 0 Å². The number of hydrogen-bond donors (Lipinski definition) is 1. The lowest BCUT2D eigenvalue weighted by Gasteiger charge is -2.14. The molecule has 0 bridgehead atoms. The second kappa shape index (κ2) is 5.69. The molecule has 0 aliphatic heterocycles. The maximum atomic E-state index is 5.49.